The van der Waals surface area contributed by atoms with Crippen molar-refractivity contribution in [2.24, 2.45) is 0 Å². The third-order valence-corrected chi connectivity index (χ3v) is 2.66. The number of benzene rings is 2. The summed E-state index contributed by atoms with van der Waals surface area (Å²) in [5.74, 6) is 0. The van der Waals surface area contributed by atoms with Crippen LogP contribution in [0.15, 0.2) is 48.5 Å². The van der Waals surface area contributed by atoms with Crippen molar-refractivity contribution < 1.29 is 0 Å². The fourth-order valence-electron chi connectivity index (χ4n) is 1.35. The van der Waals surface area contributed by atoms with Gasteiger partial charge in [0.1, 0.15) is 0 Å². The molecule has 0 saturated carbocycles. The summed E-state index contributed by atoms with van der Waals surface area (Å²) in [5, 5.41) is 0. The molecular weight excluding hydrogens is 206 g/mol. The molecule has 0 fully saturated rings. The van der Waals surface area contributed by atoms with Crippen LogP contribution in [0.3, 0.4) is 0 Å². The average Bonchev–Trinajstić information content (AvgIpc) is 2.34. The highest BCUT2D eigenvalue weighted by atomic mass is 14.6. The number of rotatable bonds is 0. The molecule has 0 aromatic heterocycles. The number of hydrogen-bond acceptors (Lipinski definition) is 0. The lowest BCUT2D eigenvalue weighted by molar-refractivity contribution is 1.34. The summed E-state index contributed by atoms with van der Waals surface area (Å²) < 4.78 is 0. The van der Waals surface area contributed by atoms with E-state index in [0.29, 0.717) is 0 Å². The van der Waals surface area contributed by atoms with E-state index >= 15 is 0 Å². The maximum absolute atomic E-state index is 6.71. The largest absolute Gasteiger partial charge is 0.238 e. The highest BCUT2D eigenvalue weighted by Crippen LogP contribution is 2.15. The van der Waals surface area contributed by atoms with Crippen molar-refractivity contribution in [2.45, 2.75) is 20.8 Å². The van der Waals surface area contributed by atoms with E-state index in [1.165, 1.54) is 11.1 Å². The molecule has 0 unspecified atom stereocenters. The summed E-state index contributed by atoms with van der Waals surface area (Å²) in [6.07, 6.45) is 0. The predicted octanol–water partition coefficient (Wildman–Crippen LogP) is 4.85. The van der Waals surface area contributed by atoms with Crippen molar-refractivity contribution in [1.82, 2.24) is 0 Å². The Bertz CT molecular complexity index is 500. The van der Waals surface area contributed by atoms with Crippen molar-refractivity contribution in [3.63, 3.8) is 0 Å². The van der Waals surface area contributed by atoms with Crippen LogP contribution in [0.25, 0.3) is 4.85 Å². The second-order valence-corrected chi connectivity index (χ2v) is 3.98. The van der Waals surface area contributed by atoms with Crippen LogP contribution in [0.2, 0.25) is 0 Å². The zero-order chi connectivity index (χ0) is 12.7. The number of nitrogens with zero attached hydrogens (tertiary/aromatic N) is 1. The molecular formula is C16H17N. The summed E-state index contributed by atoms with van der Waals surface area (Å²) in [7, 11) is 0. The van der Waals surface area contributed by atoms with Crippen LogP contribution in [-0.4, -0.2) is 0 Å². The van der Waals surface area contributed by atoms with Crippen molar-refractivity contribution in [3.8, 4) is 0 Å². The summed E-state index contributed by atoms with van der Waals surface area (Å²) in [6, 6.07) is 15.9. The molecule has 17 heavy (non-hydrogen) atoms. The Morgan fingerprint density at radius 2 is 1.12 bits per heavy atom. The maximum Gasteiger partial charge on any atom is 0.190 e. The molecule has 1 heteroatoms. The van der Waals surface area contributed by atoms with Gasteiger partial charge in [-0.15, -0.1) is 0 Å². The molecule has 0 heterocycles. The van der Waals surface area contributed by atoms with Gasteiger partial charge >= 0.3 is 0 Å². The lowest BCUT2D eigenvalue weighted by Gasteiger charge is -1.93. The molecule has 86 valence electrons. The second-order valence-electron chi connectivity index (χ2n) is 3.98. The van der Waals surface area contributed by atoms with Gasteiger partial charge in [-0.2, -0.15) is 0 Å². The zero-order valence-corrected chi connectivity index (χ0v) is 10.6. The van der Waals surface area contributed by atoms with E-state index < -0.39 is 0 Å². The molecule has 0 atom stereocenters. The van der Waals surface area contributed by atoms with Gasteiger partial charge in [-0.3, -0.25) is 0 Å². The summed E-state index contributed by atoms with van der Waals surface area (Å²) in [6.45, 7) is 12.9. The number of para-hydroxylation sites is 1. The smallest absolute Gasteiger partial charge is 0.190 e. The molecule has 1 nitrogen and oxygen atoms in total. The minimum absolute atomic E-state index is 0.748. The van der Waals surface area contributed by atoms with Crippen LogP contribution in [0.1, 0.15) is 16.7 Å². The second kappa shape index (κ2) is 6.50. The molecule has 0 aliphatic heterocycles. The van der Waals surface area contributed by atoms with Gasteiger partial charge in [-0.25, -0.2) is 4.85 Å². The van der Waals surface area contributed by atoms with Gasteiger partial charge in [-0.1, -0.05) is 48.5 Å². The normalized spacial score (nSPS) is 8.82. The topological polar surface area (TPSA) is 4.36 Å². The van der Waals surface area contributed by atoms with Crippen molar-refractivity contribution >= 4 is 5.69 Å². The van der Waals surface area contributed by atoms with Crippen LogP contribution in [0, 0.1) is 27.3 Å². The summed E-state index contributed by atoms with van der Waals surface area (Å²) in [4.78, 5) is 3.32. The van der Waals surface area contributed by atoms with E-state index in [0.717, 1.165) is 11.3 Å². The highest BCUT2D eigenvalue weighted by molar-refractivity contribution is 5.50. The Balaban J connectivity index is 0.000000171. The van der Waals surface area contributed by atoms with E-state index in [9.17, 15) is 0 Å². The molecule has 0 saturated heterocycles. The first kappa shape index (κ1) is 13.0. The van der Waals surface area contributed by atoms with Crippen molar-refractivity contribution in [2.75, 3.05) is 0 Å². The molecule has 0 amide bonds. The highest BCUT2D eigenvalue weighted by Gasteiger charge is 1.90. The minimum atomic E-state index is 0.748. The van der Waals surface area contributed by atoms with Gasteiger partial charge in [0, 0.05) is 0 Å². The van der Waals surface area contributed by atoms with Gasteiger partial charge in [0.05, 0.1) is 6.57 Å². The van der Waals surface area contributed by atoms with Crippen LogP contribution in [-0.2, 0) is 0 Å². The van der Waals surface area contributed by atoms with Gasteiger partial charge in [-0.05, 0) is 37.5 Å². The molecule has 2 aromatic rings. The Morgan fingerprint density at radius 1 is 0.706 bits per heavy atom. The Kier molecular flexibility index (Phi) is 4.97. The third-order valence-electron chi connectivity index (χ3n) is 2.66. The van der Waals surface area contributed by atoms with Crippen LogP contribution in [0.5, 0.6) is 0 Å². The van der Waals surface area contributed by atoms with E-state index in [2.05, 4.69) is 43.0 Å². The molecule has 0 spiro atoms. The molecule has 2 rings (SSSR count). The van der Waals surface area contributed by atoms with Gasteiger partial charge in [0.25, 0.3) is 0 Å². The number of aryl methyl sites for hydroxylation is 3. The van der Waals surface area contributed by atoms with E-state index in [-0.39, 0.29) is 0 Å². The summed E-state index contributed by atoms with van der Waals surface area (Å²) >= 11 is 0. The predicted molar refractivity (Wildman–Crippen MR) is 73.4 cm³/mol. The first-order valence-corrected chi connectivity index (χ1v) is 5.60. The van der Waals surface area contributed by atoms with Crippen molar-refractivity contribution in [3.05, 3.63) is 76.6 Å². The molecule has 0 N–H and O–H groups in total. The maximum atomic E-state index is 6.71. The fourth-order valence-corrected chi connectivity index (χ4v) is 1.35. The molecule has 0 aliphatic carbocycles. The minimum Gasteiger partial charge on any atom is -0.238 e. The monoisotopic (exact) mass is 223 g/mol. The van der Waals surface area contributed by atoms with Gasteiger partial charge in [0.2, 0.25) is 0 Å². The fraction of sp³-hybridized carbons (Fsp3) is 0.188. The number of hydrogen-bond donors (Lipinski definition) is 0. The molecule has 2 aromatic carbocycles. The Morgan fingerprint density at radius 3 is 1.41 bits per heavy atom. The Labute approximate surface area is 104 Å². The quantitative estimate of drug-likeness (QED) is 0.562. The zero-order valence-electron chi connectivity index (χ0n) is 10.6. The summed E-state index contributed by atoms with van der Waals surface area (Å²) in [5.41, 5.74) is 4.53. The third kappa shape index (κ3) is 4.12. The van der Waals surface area contributed by atoms with Crippen LogP contribution < -0.4 is 0 Å². The first-order chi connectivity index (χ1) is 8.15. The van der Waals surface area contributed by atoms with Gasteiger partial charge in [0.15, 0.2) is 5.69 Å². The SMILES string of the molecule is Cc1ccccc1C.[C-]#[N+]c1ccccc1C. The van der Waals surface area contributed by atoms with E-state index in [1.54, 1.807) is 0 Å². The molecule has 0 aliphatic rings. The average molecular weight is 223 g/mol. The first-order valence-electron chi connectivity index (χ1n) is 5.60. The van der Waals surface area contributed by atoms with E-state index in [1.807, 2.05) is 31.2 Å². The molecule has 0 bridgehead atoms. The van der Waals surface area contributed by atoms with Crippen molar-refractivity contribution in [1.29, 1.82) is 0 Å². The van der Waals surface area contributed by atoms with E-state index in [4.69, 9.17) is 6.57 Å². The standard InChI is InChI=1S/C8H7N.C8H10/c1-7-5-3-4-6-8(7)9-2;1-7-5-3-4-6-8(7)2/h3-6H,1H3;3-6H,1-2H3. The van der Waals surface area contributed by atoms with Gasteiger partial charge < -0.3 is 0 Å². The lowest BCUT2D eigenvalue weighted by Crippen LogP contribution is -1.74. The lowest BCUT2D eigenvalue weighted by atomic mass is 10.1. The molecule has 0 radical (unpaired) electrons. The van der Waals surface area contributed by atoms with Crippen LogP contribution >= 0.6 is 0 Å². The van der Waals surface area contributed by atoms with Crippen LogP contribution in [0.4, 0.5) is 5.69 Å². The Hall–Kier alpha value is -2.07.